The Morgan fingerprint density at radius 1 is 1.09 bits per heavy atom. The summed E-state index contributed by atoms with van der Waals surface area (Å²) < 4.78 is 28.7. The molecule has 0 aliphatic rings. The smallest absolute Gasteiger partial charge is 0.378 e. The molecule has 7 heteroatoms. The van der Waals surface area contributed by atoms with Crippen LogP contribution in [0.4, 0.5) is 0 Å². The maximum Gasteiger partial charge on any atom is 0.378 e. The first-order valence-corrected chi connectivity index (χ1v) is 8.55. The van der Waals surface area contributed by atoms with E-state index in [1.807, 2.05) is 0 Å². The monoisotopic (exact) mass is 330 g/mol. The molecule has 1 unspecified atom stereocenters. The lowest BCUT2D eigenvalue weighted by Gasteiger charge is -2.34. The van der Waals surface area contributed by atoms with Crippen LogP contribution in [0.3, 0.4) is 0 Å². The van der Waals surface area contributed by atoms with Gasteiger partial charge in [0.15, 0.2) is 0 Å². The van der Waals surface area contributed by atoms with Gasteiger partial charge >= 0.3 is 13.6 Å². The molecule has 1 atom stereocenters. The summed E-state index contributed by atoms with van der Waals surface area (Å²) in [5, 5.41) is 8.45. The Kier molecular flexibility index (Phi) is 6.32. The molecule has 22 heavy (non-hydrogen) atoms. The highest BCUT2D eigenvalue weighted by atomic mass is 31.2. The number of hydrogen-bond acceptors (Lipinski definition) is 6. The third-order valence-electron chi connectivity index (χ3n) is 2.74. The number of carbonyl (C=O) groups excluding carboxylic acids is 1. The lowest BCUT2D eigenvalue weighted by Crippen LogP contribution is -2.39. The zero-order chi connectivity index (χ0) is 17.0. The Bertz CT molecular complexity index is 528. The summed E-state index contributed by atoms with van der Waals surface area (Å²) in [4.78, 5) is 12.2. The number of hydrogen-bond donors (Lipinski definition) is 1. The first-order chi connectivity index (χ1) is 10.2. The summed E-state index contributed by atoms with van der Waals surface area (Å²) in [6, 6.07) is 7.86. The van der Waals surface area contributed by atoms with E-state index in [4.69, 9.17) is 9.05 Å². The highest BCUT2D eigenvalue weighted by Gasteiger charge is 2.59. The molecule has 1 N–H and O–H groups in total. The molecular weight excluding hydrogens is 307 g/mol. The SMILES string of the molecule is COC(=O)C(O)(c1ccccc1)P(=O)(OC(C)C)OC(C)C. The second-order valence-corrected chi connectivity index (χ2v) is 7.40. The highest BCUT2D eigenvalue weighted by molar-refractivity contribution is 7.56. The Balaban J connectivity index is 3.51. The van der Waals surface area contributed by atoms with Crippen molar-refractivity contribution >= 4 is 13.6 Å². The van der Waals surface area contributed by atoms with Crippen LogP contribution in [0.5, 0.6) is 0 Å². The van der Waals surface area contributed by atoms with E-state index in [0.717, 1.165) is 7.11 Å². The number of ether oxygens (including phenoxy) is 1. The van der Waals surface area contributed by atoms with Crippen molar-refractivity contribution in [3.63, 3.8) is 0 Å². The van der Waals surface area contributed by atoms with Crippen LogP contribution in [0.1, 0.15) is 33.3 Å². The van der Waals surface area contributed by atoms with E-state index < -0.39 is 31.1 Å². The van der Waals surface area contributed by atoms with Gasteiger partial charge in [-0.2, -0.15) is 0 Å². The van der Waals surface area contributed by atoms with Crippen molar-refractivity contribution in [2.75, 3.05) is 7.11 Å². The van der Waals surface area contributed by atoms with Gasteiger partial charge < -0.3 is 18.9 Å². The minimum Gasteiger partial charge on any atom is -0.466 e. The maximum atomic E-state index is 13.3. The molecule has 0 aliphatic carbocycles. The van der Waals surface area contributed by atoms with Gasteiger partial charge in [0.05, 0.1) is 19.3 Å². The molecule has 0 amide bonds. The molecule has 0 fully saturated rings. The normalized spacial score (nSPS) is 14.9. The van der Waals surface area contributed by atoms with Crippen molar-refractivity contribution < 1.29 is 28.3 Å². The second-order valence-electron chi connectivity index (χ2n) is 5.34. The number of methoxy groups -OCH3 is 1. The van der Waals surface area contributed by atoms with E-state index in [0.29, 0.717) is 0 Å². The summed E-state index contributed by atoms with van der Waals surface area (Å²) in [6.07, 6.45) is -1.05. The zero-order valence-electron chi connectivity index (χ0n) is 13.5. The molecule has 0 spiro atoms. The predicted octanol–water partition coefficient (Wildman–Crippen LogP) is 3.05. The average molecular weight is 330 g/mol. The lowest BCUT2D eigenvalue weighted by atomic mass is 10.1. The van der Waals surface area contributed by atoms with E-state index in [1.165, 1.54) is 12.1 Å². The highest BCUT2D eigenvalue weighted by Crippen LogP contribution is 2.65. The van der Waals surface area contributed by atoms with E-state index >= 15 is 0 Å². The van der Waals surface area contributed by atoms with E-state index in [9.17, 15) is 14.5 Å². The molecule has 1 rings (SSSR count). The van der Waals surface area contributed by atoms with Gasteiger partial charge in [-0.05, 0) is 27.7 Å². The van der Waals surface area contributed by atoms with Crippen molar-refractivity contribution in [1.82, 2.24) is 0 Å². The number of carbonyl (C=O) groups is 1. The fraction of sp³-hybridized carbons (Fsp3) is 0.533. The van der Waals surface area contributed by atoms with Crippen LogP contribution in [0, 0.1) is 0 Å². The van der Waals surface area contributed by atoms with Crippen LogP contribution in [0.25, 0.3) is 0 Å². The summed E-state index contributed by atoms with van der Waals surface area (Å²) in [5.74, 6) is -1.09. The Labute approximate surface area is 130 Å². The predicted molar refractivity (Wildman–Crippen MR) is 82.4 cm³/mol. The minimum atomic E-state index is -4.27. The number of rotatable bonds is 7. The van der Waals surface area contributed by atoms with Crippen LogP contribution >= 0.6 is 7.60 Å². The van der Waals surface area contributed by atoms with Gasteiger partial charge in [0.2, 0.25) is 0 Å². The lowest BCUT2D eigenvalue weighted by molar-refractivity contribution is -0.157. The maximum absolute atomic E-state index is 13.3. The van der Waals surface area contributed by atoms with Crippen LogP contribution in [0.2, 0.25) is 0 Å². The molecule has 1 aromatic carbocycles. The van der Waals surface area contributed by atoms with Crippen LogP contribution in [0.15, 0.2) is 30.3 Å². The molecule has 6 nitrogen and oxygen atoms in total. The van der Waals surface area contributed by atoms with Crippen molar-refractivity contribution in [2.24, 2.45) is 0 Å². The fourth-order valence-corrected chi connectivity index (χ4v) is 4.18. The summed E-state index contributed by atoms with van der Waals surface area (Å²) in [7, 11) is -3.16. The molecule has 0 bridgehead atoms. The van der Waals surface area contributed by atoms with Crippen LogP contribution in [-0.2, 0) is 28.5 Å². The number of benzene rings is 1. The zero-order valence-corrected chi connectivity index (χ0v) is 14.4. The minimum absolute atomic E-state index is 0.0893. The molecule has 0 aromatic heterocycles. The third kappa shape index (κ3) is 3.76. The van der Waals surface area contributed by atoms with Gasteiger partial charge in [0.25, 0.3) is 5.34 Å². The summed E-state index contributed by atoms with van der Waals surface area (Å²) >= 11 is 0. The standard InChI is InChI=1S/C15H23O6P/c1-11(2)20-22(18,21-12(3)4)15(17,14(16)19-5)13-9-7-6-8-10-13/h6-12,17H,1-5H3. The molecule has 0 radical (unpaired) electrons. The van der Waals surface area contributed by atoms with Gasteiger partial charge in [-0.25, -0.2) is 4.79 Å². The molecule has 124 valence electrons. The van der Waals surface area contributed by atoms with Crippen LogP contribution in [-0.4, -0.2) is 30.4 Å². The number of aliphatic hydroxyl groups is 1. The van der Waals surface area contributed by atoms with E-state index in [1.54, 1.807) is 45.9 Å². The average Bonchev–Trinajstić information content (AvgIpc) is 2.44. The van der Waals surface area contributed by atoms with Crippen molar-refractivity contribution in [3.05, 3.63) is 35.9 Å². The Morgan fingerprint density at radius 3 is 1.91 bits per heavy atom. The van der Waals surface area contributed by atoms with Crippen molar-refractivity contribution in [3.8, 4) is 0 Å². The van der Waals surface area contributed by atoms with Gasteiger partial charge in [-0.1, -0.05) is 30.3 Å². The summed E-state index contributed by atoms with van der Waals surface area (Å²) in [5.41, 5.74) is 0.0893. The first kappa shape index (κ1) is 18.8. The quantitative estimate of drug-likeness (QED) is 0.611. The van der Waals surface area contributed by atoms with Crippen molar-refractivity contribution in [1.29, 1.82) is 0 Å². The molecule has 1 aromatic rings. The van der Waals surface area contributed by atoms with E-state index in [2.05, 4.69) is 4.74 Å². The fourth-order valence-electron chi connectivity index (χ4n) is 1.93. The Hall–Kier alpha value is -1.20. The summed E-state index contributed by atoms with van der Waals surface area (Å²) in [6.45, 7) is 6.55. The van der Waals surface area contributed by atoms with Gasteiger partial charge in [0, 0.05) is 5.56 Å². The van der Waals surface area contributed by atoms with Crippen LogP contribution < -0.4 is 0 Å². The van der Waals surface area contributed by atoms with Gasteiger partial charge in [-0.15, -0.1) is 0 Å². The molecule has 0 saturated heterocycles. The van der Waals surface area contributed by atoms with Gasteiger partial charge in [-0.3, -0.25) is 4.57 Å². The van der Waals surface area contributed by atoms with Gasteiger partial charge in [0.1, 0.15) is 0 Å². The molecule has 0 heterocycles. The third-order valence-corrected chi connectivity index (χ3v) is 5.37. The first-order valence-electron chi connectivity index (χ1n) is 7.00. The van der Waals surface area contributed by atoms with Crippen molar-refractivity contribution in [2.45, 2.75) is 45.2 Å². The molecule has 0 aliphatic heterocycles. The Morgan fingerprint density at radius 2 is 1.55 bits per heavy atom. The molecule has 0 saturated carbocycles. The number of esters is 1. The second kappa shape index (κ2) is 7.38. The largest absolute Gasteiger partial charge is 0.466 e. The van der Waals surface area contributed by atoms with E-state index in [-0.39, 0.29) is 5.56 Å². The topological polar surface area (TPSA) is 82.1 Å². The molecular formula is C15H23O6P.